The van der Waals surface area contributed by atoms with Crippen LogP contribution in [0.25, 0.3) is 11.3 Å². The first kappa shape index (κ1) is 20.0. The highest BCUT2D eigenvalue weighted by molar-refractivity contribution is 6.30. The molecule has 0 aliphatic heterocycles. The zero-order valence-electron chi connectivity index (χ0n) is 15.2. The number of carbonyl (C=O) groups excluding carboxylic acids is 2. The number of nitrogens with zero attached hydrogens (tertiary/aromatic N) is 1. The normalized spacial score (nSPS) is 12.0. The van der Waals surface area contributed by atoms with Crippen molar-refractivity contribution in [2.75, 3.05) is 13.6 Å². The van der Waals surface area contributed by atoms with Crippen LogP contribution in [-0.4, -0.2) is 36.5 Å². The van der Waals surface area contributed by atoms with Crippen molar-refractivity contribution in [3.63, 3.8) is 0 Å². The Hall–Kier alpha value is -2.31. The fraction of sp³-hybridized carbons (Fsp3) is 0.368. The summed E-state index contributed by atoms with van der Waals surface area (Å²) in [6.45, 7) is 4.38. The Morgan fingerprint density at radius 2 is 1.88 bits per heavy atom. The summed E-state index contributed by atoms with van der Waals surface area (Å²) in [6.07, 6.45) is 0.802. The van der Waals surface area contributed by atoms with Crippen molar-refractivity contribution in [2.24, 2.45) is 0 Å². The predicted molar refractivity (Wildman–Crippen MR) is 102 cm³/mol. The van der Waals surface area contributed by atoms with Gasteiger partial charge in [-0.2, -0.15) is 0 Å². The van der Waals surface area contributed by atoms with Gasteiger partial charge in [0.25, 0.3) is 0 Å². The van der Waals surface area contributed by atoms with Crippen LogP contribution in [-0.2, 0) is 11.3 Å². The van der Waals surface area contributed by atoms with Gasteiger partial charge in [-0.15, -0.1) is 0 Å². The highest BCUT2D eigenvalue weighted by Crippen LogP contribution is 2.24. The molecule has 2 aromatic rings. The van der Waals surface area contributed by atoms with E-state index in [9.17, 15) is 9.59 Å². The monoisotopic (exact) mass is 377 g/mol. The van der Waals surface area contributed by atoms with Gasteiger partial charge in [-0.1, -0.05) is 18.5 Å². The first-order chi connectivity index (χ1) is 12.4. The quantitative estimate of drug-likeness (QED) is 0.772. The van der Waals surface area contributed by atoms with Crippen molar-refractivity contribution in [3.05, 3.63) is 47.2 Å². The van der Waals surface area contributed by atoms with Gasteiger partial charge in [0.15, 0.2) is 0 Å². The van der Waals surface area contributed by atoms with Crippen molar-refractivity contribution in [2.45, 2.75) is 32.9 Å². The van der Waals surface area contributed by atoms with Gasteiger partial charge in [-0.05, 0) is 56.8 Å². The summed E-state index contributed by atoms with van der Waals surface area (Å²) < 4.78 is 5.81. The molecule has 140 valence electrons. The molecule has 1 aromatic carbocycles. The molecule has 1 aromatic heterocycles. The molecule has 0 radical (unpaired) electrons. The summed E-state index contributed by atoms with van der Waals surface area (Å²) in [6, 6.07) is 10.7. The molecule has 2 rings (SSSR count). The number of imide groups is 1. The van der Waals surface area contributed by atoms with Gasteiger partial charge in [0.1, 0.15) is 11.5 Å². The fourth-order valence-electron chi connectivity index (χ4n) is 2.33. The highest BCUT2D eigenvalue weighted by atomic mass is 35.5. The number of nitrogens with one attached hydrogen (secondary N) is 2. The van der Waals surface area contributed by atoms with Crippen LogP contribution in [0, 0.1) is 0 Å². The van der Waals surface area contributed by atoms with Crippen LogP contribution < -0.4 is 10.6 Å². The summed E-state index contributed by atoms with van der Waals surface area (Å²) in [4.78, 5) is 25.4. The Bertz CT molecular complexity index is 743. The van der Waals surface area contributed by atoms with Gasteiger partial charge in [-0.25, -0.2) is 4.79 Å². The third kappa shape index (κ3) is 6.20. The van der Waals surface area contributed by atoms with Crippen molar-refractivity contribution < 1.29 is 14.0 Å². The summed E-state index contributed by atoms with van der Waals surface area (Å²) in [7, 11) is 1.79. The van der Waals surface area contributed by atoms with E-state index in [-0.39, 0.29) is 18.5 Å². The van der Waals surface area contributed by atoms with Crippen molar-refractivity contribution >= 4 is 23.5 Å². The number of furan rings is 1. The van der Waals surface area contributed by atoms with E-state index in [4.69, 9.17) is 16.0 Å². The van der Waals surface area contributed by atoms with Crippen LogP contribution in [0.4, 0.5) is 4.79 Å². The summed E-state index contributed by atoms with van der Waals surface area (Å²) in [5.74, 6) is 1.11. The smallest absolute Gasteiger partial charge is 0.321 e. The van der Waals surface area contributed by atoms with E-state index in [0.29, 0.717) is 11.6 Å². The lowest BCUT2D eigenvalue weighted by Gasteiger charge is -2.16. The van der Waals surface area contributed by atoms with Gasteiger partial charge < -0.3 is 9.73 Å². The zero-order chi connectivity index (χ0) is 19.1. The van der Waals surface area contributed by atoms with Crippen LogP contribution in [0.3, 0.4) is 0 Å². The van der Waals surface area contributed by atoms with Crippen LogP contribution in [0.5, 0.6) is 0 Å². The predicted octanol–water partition coefficient (Wildman–Crippen LogP) is 3.66. The van der Waals surface area contributed by atoms with Gasteiger partial charge in [0.2, 0.25) is 5.91 Å². The van der Waals surface area contributed by atoms with Gasteiger partial charge in [0, 0.05) is 16.6 Å². The maximum Gasteiger partial charge on any atom is 0.321 e. The average molecular weight is 378 g/mol. The maximum absolute atomic E-state index is 11.9. The molecular formula is C19H24ClN3O3. The third-order valence-electron chi connectivity index (χ3n) is 3.87. The average Bonchev–Trinajstić information content (AvgIpc) is 3.03. The Kier molecular flexibility index (Phi) is 7.24. The maximum atomic E-state index is 11.9. The number of benzene rings is 1. The van der Waals surface area contributed by atoms with Gasteiger partial charge in [0.05, 0.1) is 13.1 Å². The second kappa shape index (κ2) is 9.40. The van der Waals surface area contributed by atoms with Gasteiger partial charge in [-0.3, -0.25) is 15.0 Å². The van der Waals surface area contributed by atoms with Crippen molar-refractivity contribution in [1.82, 2.24) is 15.5 Å². The highest BCUT2D eigenvalue weighted by Gasteiger charge is 2.13. The summed E-state index contributed by atoms with van der Waals surface area (Å²) in [5, 5.41) is 5.69. The lowest BCUT2D eigenvalue weighted by Crippen LogP contribution is -2.46. The Morgan fingerprint density at radius 1 is 1.19 bits per heavy atom. The standard InChI is InChI=1S/C19H24ClN3O3/c1-4-13(2)21-19(25)22-18(24)12-23(3)11-16-9-10-17(26-16)14-5-7-15(20)8-6-14/h5-10,13H,4,11-12H2,1-3H3,(H2,21,22,24,25)/t13-/m1/s1. The molecule has 1 heterocycles. The number of urea groups is 1. The Morgan fingerprint density at radius 3 is 2.54 bits per heavy atom. The Balaban J connectivity index is 1.84. The molecule has 0 spiro atoms. The molecule has 6 nitrogen and oxygen atoms in total. The van der Waals surface area contributed by atoms with Crippen LogP contribution in [0.15, 0.2) is 40.8 Å². The first-order valence-corrected chi connectivity index (χ1v) is 8.88. The molecule has 0 unspecified atom stereocenters. The first-order valence-electron chi connectivity index (χ1n) is 8.51. The number of amides is 3. The topological polar surface area (TPSA) is 74.6 Å². The van der Waals surface area contributed by atoms with Crippen LogP contribution in [0.1, 0.15) is 26.0 Å². The number of likely N-dealkylation sites (N-methyl/N-ethyl adjacent to an activating group) is 1. The largest absolute Gasteiger partial charge is 0.460 e. The second-order valence-corrected chi connectivity index (χ2v) is 6.71. The zero-order valence-corrected chi connectivity index (χ0v) is 16.0. The number of carbonyl (C=O) groups is 2. The molecule has 0 bridgehead atoms. The molecule has 2 N–H and O–H groups in total. The minimum absolute atomic E-state index is 0.0231. The third-order valence-corrected chi connectivity index (χ3v) is 4.12. The number of halogens is 1. The molecule has 0 saturated carbocycles. The van der Waals surface area contributed by atoms with Crippen molar-refractivity contribution in [3.8, 4) is 11.3 Å². The van der Waals surface area contributed by atoms with E-state index in [2.05, 4.69) is 10.6 Å². The molecular weight excluding hydrogens is 354 g/mol. The lowest BCUT2D eigenvalue weighted by molar-refractivity contribution is -0.121. The molecule has 26 heavy (non-hydrogen) atoms. The number of rotatable bonds is 7. The number of hydrogen-bond acceptors (Lipinski definition) is 4. The van der Waals surface area contributed by atoms with E-state index < -0.39 is 6.03 Å². The molecule has 7 heteroatoms. The number of hydrogen-bond donors (Lipinski definition) is 2. The summed E-state index contributed by atoms with van der Waals surface area (Å²) >= 11 is 5.89. The van der Waals surface area contributed by atoms with E-state index in [1.54, 1.807) is 24.1 Å². The van der Waals surface area contributed by atoms with E-state index in [1.807, 2.05) is 38.1 Å². The van der Waals surface area contributed by atoms with Crippen LogP contribution >= 0.6 is 11.6 Å². The fourth-order valence-corrected chi connectivity index (χ4v) is 2.45. The SMILES string of the molecule is CC[C@@H](C)NC(=O)NC(=O)CN(C)Cc1ccc(-c2ccc(Cl)cc2)o1. The van der Waals surface area contributed by atoms with E-state index in [1.165, 1.54) is 0 Å². The van der Waals surface area contributed by atoms with Crippen molar-refractivity contribution in [1.29, 1.82) is 0 Å². The minimum atomic E-state index is -0.472. The Labute approximate surface area is 158 Å². The van der Waals surface area contributed by atoms with Gasteiger partial charge >= 0.3 is 6.03 Å². The molecule has 3 amide bonds. The molecule has 1 atom stereocenters. The van der Waals surface area contributed by atoms with E-state index in [0.717, 1.165) is 23.5 Å². The molecule has 0 aliphatic carbocycles. The van der Waals surface area contributed by atoms with E-state index >= 15 is 0 Å². The molecule has 0 aliphatic rings. The van der Waals surface area contributed by atoms with Crippen LogP contribution in [0.2, 0.25) is 5.02 Å². The summed E-state index contributed by atoms with van der Waals surface area (Å²) in [5.41, 5.74) is 0.933. The second-order valence-electron chi connectivity index (χ2n) is 6.28. The lowest BCUT2D eigenvalue weighted by atomic mass is 10.2. The minimum Gasteiger partial charge on any atom is -0.460 e. The molecule has 0 fully saturated rings. The molecule has 0 saturated heterocycles.